The van der Waals surface area contributed by atoms with Crippen LogP contribution in [0.15, 0.2) is 59.7 Å². The predicted octanol–water partition coefficient (Wildman–Crippen LogP) is 4.86. The van der Waals surface area contributed by atoms with Gasteiger partial charge in [0.25, 0.3) is 0 Å². The first-order valence-corrected chi connectivity index (χ1v) is 9.70. The maximum Gasteiger partial charge on any atom is 0.416 e. The molecule has 2 aromatic carbocycles. The summed E-state index contributed by atoms with van der Waals surface area (Å²) in [6.45, 7) is 3.75. The fourth-order valence-corrected chi connectivity index (χ4v) is 3.29. The van der Waals surface area contributed by atoms with Crippen molar-refractivity contribution in [1.82, 2.24) is 9.99 Å². The molecule has 0 aliphatic rings. The molecule has 10 heteroatoms. The minimum Gasteiger partial charge on any atom is -0.318 e. The molecular weight excluding hydrogens is 445 g/mol. The minimum absolute atomic E-state index is 0.158. The average molecular weight is 463 g/mol. The van der Waals surface area contributed by atoms with E-state index in [9.17, 15) is 22.8 Å². The Morgan fingerprint density at radius 1 is 1.03 bits per heavy atom. The molecule has 1 heterocycles. The zero-order valence-corrected chi connectivity index (χ0v) is 17.8. The Kier molecular flexibility index (Phi) is 6.69. The smallest absolute Gasteiger partial charge is 0.318 e. The number of alkyl halides is 3. The topological polar surface area (TPSA) is 75.5 Å². The van der Waals surface area contributed by atoms with Gasteiger partial charge in [-0.1, -0.05) is 23.7 Å². The molecule has 2 amide bonds. The lowest BCUT2D eigenvalue weighted by Gasteiger charge is -2.10. The van der Waals surface area contributed by atoms with Crippen molar-refractivity contribution < 1.29 is 22.8 Å². The highest BCUT2D eigenvalue weighted by Crippen LogP contribution is 2.30. The number of hydrogen-bond donors (Lipinski definition) is 2. The van der Waals surface area contributed by atoms with Crippen molar-refractivity contribution in [2.75, 3.05) is 5.32 Å². The number of carbonyl (C=O) groups is 2. The van der Waals surface area contributed by atoms with Crippen LogP contribution in [0.25, 0.3) is 5.69 Å². The van der Waals surface area contributed by atoms with Crippen molar-refractivity contribution in [3.8, 4) is 5.69 Å². The number of carbonyl (C=O) groups excluding carboxylic acids is 2. The second-order valence-corrected chi connectivity index (χ2v) is 7.31. The molecule has 32 heavy (non-hydrogen) atoms. The number of halogens is 4. The Hall–Kier alpha value is -3.59. The zero-order valence-electron chi connectivity index (χ0n) is 17.0. The van der Waals surface area contributed by atoms with Gasteiger partial charge in [0, 0.05) is 33.3 Å². The lowest BCUT2D eigenvalue weighted by atomic mass is 10.2. The van der Waals surface area contributed by atoms with Crippen LogP contribution in [0.4, 0.5) is 18.9 Å². The number of aromatic nitrogens is 1. The molecule has 0 saturated carbocycles. The third-order valence-electron chi connectivity index (χ3n) is 4.56. The van der Waals surface area contributed by atoms with Gasteiger partial charge in [0.05, 0.1) is 11.8 Å². The van der Waals surface area contributed by atoms with Crippen molar-refractivity contribution in [3.63, 3.8) is 0 Å². The third-order valence-corrected chi connectivity index (χ3v) is 4.80. The van der Waals surface area contributed by atoms with Gasteiger partial charge in [-0.25, -0.2) is 5.43 Å². The number of amides is 2. The van der Waals surface area contributed by atoms with Gasteiger partial charge in [-0.15, -0.1) is 0 Å². The first kappa shape index (κ1) is 23.1. The van der Waals surface area contributed by atoms with Crippen LogP contribution < -0.4 is 10.7 Å². The fraction of sp³-hybridized carbons (Fsp3) is 0.136. The summed E-state index contributed by atoms with van der Waals surface area (Å²) < 4.78 is 40.2. The standard InChI is InChI=1S/C22H18ClF3N4O2/c1-13-9-15(14(2)30(13)19-8-4-6-17(23)11-19)12-27-29-21(32)20(31)28-18-7-3-5-16(10-18)22(24,25)26/h3-12H,1-2H3,(H,28,31)(H,29,32). The first-order chi connectivity index (χ1) is 15.1. The summed E-state index contributed by atoms with van der Waals surface area (Å²) in [6, 6.07) is 13.1. The Morgan fingerprint density at radius 3 is 2.44 bits per heavy atom. The van der Waals surface area contributed by atoms with Crippen LogP contribution in [-0.4, -0.2) is 22.6 Å². The molecule has 0 bridgehead atoms. The maximum absolute atomic E-state index is 12.8. The summed E-state index contributed by atoms with van der Waals surface area (Å²) in [5.74, 6) is -2.27. The molecule has 0 atom stereocenters. The molecule has 1 aromatic heterocycles. The number of nitrogens with one attached hydrogen (secondary N) is 2. The van der Waals surface area contributed by atoms with E-state index in [1.807, 2.05) is 42.7 Å². The summed E-state index contributed by atoms with van der Waals surface area (Å²) in [6.07, 6.45) is -3.19. The summed E-state index contributed by atoms with van der Waals surface area (Å²) in [5, 5.41) is 6.48. The molecule has 0 fully saturated rings. The Bertz CT molecular complexity index is 1200. The first-order valence-electron chi connectivity index (χ1n) is 9.33. The SMILES string of the molecule is Cc1cc(C=NNC(=O)C(=O)Nc2cccc(C(F)(F)F)c2)c(C)n1-c1cccc(Cl)c1. The number of aryl methyl sites for hydroxylation is 1. The van der Waals surface area contributed by atoms with Crippen LogP contribution in [-0.2, 0) is 15.8 Å². The van der Waals surface area contributed by atoms with E-state index in [1.54, 1.807) is 6.07 Å². The molecule has 0 radical (unpaired) electrons. The number of rotatable bonds is 4. The molecule has 0 aliphatic heterocycles. The van der Waals surface area contributed by atoms with Crippen LogP contribution in [0.1, 0.15) is 22.5 Å². The maximum atomic E-state index is 12.8. The molecule has 3 aromatic rings. The lowest BCUT2D eigenvalue weighted by Crippen LogP contribution is -2.32. The number of hydrazone groups is 1. The summed E-state index contributed by atoms with van der Waals surface area (Å²) in [5.41, 5.74) is 4.25. The molecule has 2 N–H and O–H groups in total. The van der Waals surface area contributed by atoms with E-state index in [0.29, 0.717) is 10.6 Å². The zero-order chi connectivity index (χ0) is 23.5. The fourth-order valence-electron chi connectivity index (χ4n) is 3.10. The highest BCUT2D eigenvalue weighted by atomic mass is 35.5. The van der Waals surface area contributed by atoms with Crippen molar-refractivity contribution >= 4 is 35.3 Å². The van der Waals surface area contributed by atoms with Gasteiger partial charge >= 0.3 is 18.0 Å². The van der Waals surface area contributed by atoms with Crippen molar-refractivity contribution in [1.29, 1.82) is 0 Å². The van der Waals surface area contributed by atoms with Crippen molar-refractivity contribution in [3.05, 3.63) is 82.1 Å². The van der Waals surface area contributed by atoms with E-state index < -0.39 is 23.6 Å². The van der Waals surface area contributed by atoms with Gasteiger partial charge in [0.15, 0.2) is 0 Å². The number of anilines is 1. The quantitative estimate of drug-likeness (QED) is 0.330. The normalized spacial score (nSPS) is 11.6. The van der Waals surface area contributed by atoms with Gasteiger partial charge in [0.2, 0.25) is 0 Å². The van der Waals surface area contributed by atoms with E-state index in [2.05, 4.69) is 15.8 Å². The Labute approximate surface area is 186 Å². The van der Waals surface area contributed by atoms with Gasteiger partial charge in [-0.3, -0.25) is 9.59 Å². The largest absolute Gasteiger partial charge is 0.416 e. The minimum atomic E-state index is -4.56. The molecular formula is C22H18ClF3N4O2. The molecule has 0 aliphatic carbocycles. The molecule has 0 unspecified atom stereocenters. The Morgan fingerprint density at radius 2 is 1.75 bits per heavy atom. The summed E-state index contributed by atoms with van der Waals surface area (Å²) in [4.78, 5) is 23.9. The highest BCUT2D eigenvalue weighted by Gasteiger charge is 2.30. The van der Waals surface area contributed by atoms with Gasteiger partial charge < -0.3 is 9.88 Å². The second-order valence-electron chi connectivity index (χ2n) is 6.87. The molecule has 0 saturated heterocycles. The van der Waals surface area contributed by atoms with E-state index in [1.165, 1.54) is 12.3 Å². The molecule has 3 rings (SSSR count). The molecule has 6 nitrogen and oxygen atoms in total. The van der Waals surface area contributed by atoms with E-state index in [-0.39, 0.29) is 5.69 Å². The van der Waals surface area contributed by atoms with Crippen LogP contribution in [0.3, 0.4) is 0 Å². The number of benzene rings is 2. The average Bonchev–Trinajstić information content (AvgIpc) is 3.00. The number of nitrogens with zero attached hydrogens (tertiary/aromatic N) is 2. The van der Waals surface area contributed by atoms with Gasteiger partial charge in [-0.2, -0.15) is 18.3 Å². The highest BCUT2D eigenvalue weighted by molar-refractivity contribution is 6.39. The van der Waals surface area contributed by atoms with E-state index >= 15 is 0 Å². The molecule has 0 spiro atoms. The van der Waals surface area contributed by atoms with Crippen LogP contribution in [0.5, 0.6) is 0 Å². The van der Waals surface area contributed by atoms with Crippen molar-refractivity contribution in [2.24, 2.45) is 5.10 Å². The van der Waals surface area contributed by atoms with Crippen LogP contribution >= 0.6 is 11.6 Å². The third kappa shape index (κ3) is 5.36. The van der Waals surface area contributed by atoms with Gasteiger partial charge in [0.1, 0.15) is 0 Å². The lowest BCUT2D eigenvalue weighted by molar-refractivity contribution is -0.137. The summed E-state index contributed by atoms with van der Waals surface area (Å²) >= 11 is 6.06. The van der Waals surface area contributed by atoms with Gasteiger partial charge in [-0.05, 0) is 56.3 Å². The van der Waals surface area contributed by atoms with Crippen LogP contribution in [0, 0.1) is 13.8 Å². The van der Waals surface area contributed by atoms with Crippen LogP contribution in [0.2, 0.25) is 5.02 Å². The predicted molar refractivity (Wildman–Crippen MR) is 116 cm³/mol. The molecule has 166 valence electrons. The second kappa shape index (κ2) is 9.27. The van der Waals surface area contributed by atoms with E-state index in [4.69, 9.17) is 11.6 Å². The monoisotopic (exact) mass is 462 g/mol. The summed E-state index contributed by atoms with van der Waals surface area (Å²) in [7, 11) is 0. The number of hydrogen-bond acceptors (Lipinski definition) is 3. The Balaban J connectivity index is 1.67. The van der Waals surface area contributed by atoms with Crippen molar-refractivity contribution in [2.45, 2.75) is 20.0 Å². The van der Waals surface area contributed by atoms with E-state index in [0.717, 1.165) is 35.3 Å².